The van der Waals surface area contributed by atoms with Gasteiger partial charge in [-0.3, -0.25) is 14.4 Å². The molecule has 2 fully saturated rings. The van der Waals surface area contributed by atoms with E-state index in [9.17, 15) is 33.9 Å². The van der Waals surface area contributed by atoms with E-state index < -0.39 is 42.2 Å². The number of unbranched alkanes of at least 4 members (excludes halogenated alkanes) is 1. The number of carboxylic acid groups (broad SMARTS) is 1. The SMILES string of the molecule is CC(=O)NCSCC(=O)N(C(=O)OC(C)(C)C)[C@@H](COC(=O)CCCC[C@@H]1SC[C@@H]2NC(=O)N[C@@H]21)C(=O)O. The van der Waals surface area contributed by atoms with Crippen LogP contribution in [0.25, 0.3) is 0 Å². The average Bonchev–Trinajstić information content (AvgIpc) is 3.34. The number of ether oxygens (including phenoxy) is 2. The second-order valence-corrected chi connectivity index (χ2v) is 12.1. The highest BCUT2D eigenvalue weighted by molar-refractivity contribution is 8.00. The fourth-order valence-corrected chi connectivity index (χ4v) is 6.10. The minimum atomic E-state index is -1.78. The molecular weight excluding hydrogens is 540 g/mol. The number of urea groups is 1. The van der Waals surface area contributed by atoms with Crippen LogP contribution in [0.5, 0.6) is 0 Å². The van der Waals surface area contributed by atoms with Gasteiger partial charge < -0.3 is 30.5 Å². The van der Waals surface area contributed by atoms with Gasteiger partial charge in [0, 0.05) is 24.3 Å². The first-order valence-corrected chi connectivity index (χ1v) is 14.4. The van der Waals surface area contributed by atoms with Crippen LogP contribution in [0.2, 0.25) is 0 Å². The third-order valence-corrected chi connectivity index (χ3v) is 7.87. The number of carbonyl (C=O) groups is 6. The van der Waals surface area contributed by atoms with E-state index in [1.807, 2.05) is 0 Å². The van der Waals surface area contributed by atoms with Crippen LogP contribution >= 0.6 is 23.5 Å². The quantitative estimate of drug-likeness (QED) is 0.107. The number of carbonyl (C=O) groups excluding carboxylic acids is 5. The van der Waals surface area contributed by atoms with Gasteiger partial charge in [0.1, 0.15) is 12.2 Å². The van der Waals surface area contributed by atoms with Crippen molar-refractivity contribution >= 4 is 59.4 Å². The fraction of sp³-hybridized carbons (Fsp3) is 0.739. The number of thioether (sulfide) groups is 2. The van der Waals surface area contributed by atoms with Crippen molar-refractivity contribution < 1.29 is 43.3 Å². The van der Waals surface area contributed by atoms with Crippen molar-refractivity contribution in [3.63, 3.8) is 0 Å². The summed E-state index contributed by atoms with van der Waals surface area (Å²) in [5.74, 6) is -2.75. The molecule has 214 valence electrons. The highest BCUT2D eigenvalue weighted by Crippen LogP contribution is 2.33. The van der Waals surface area contributed by atoms with Crippen LogP contribution in [0, 0.1) is 0 Å². The number of esters is 1. The number of aliphatic carboxylic acids is 1. The van der Waals surface area contributed by atoms with Crippen LogP contribution in [0.3, 0.4) is 0 Å². The summed E-state index contributed by atoms with van der Waals surface area (Å²) in [5, 5.41) is 18.3. The van der Waals surface area contributed by atoms with Gasteiger partial charge in [0.25, 0.3) is 0 Å². The Hall–Kier alpha value is -2.68. The first-order valence-electron chi connectivity index (χ1n) is 12.2. The Kier molecular flexibility index (Phi) is 12.0. The molecule has 38 heavy (non-hydrogen) atoms. The van der Waals surface area contributed by atoms with Crippen molar-refractivity contribution in [3.8, 4) is 0 Å². The summed E-state index contributed by atoms with van der Waals surface area (Å²) in [7, 11) is 0. The number of carboxylic acids is 1. The van der Waals surface area contributed by atoms with Gasteiger partial charge in [-0.15, -0.1) is 11.8 Å². The van der Waals surface area contributed by atoms with Crippen LogP contribution in [0.1, 0.15) is 53.4 Å². The molecule has 15 heteroatoms. The predicted molar refractivity (Wildman–Crippen MR) is 141 cm³/mol. The van der Waals surface area contributed by atoms with Crippen molar-refractivity contribution in [1.29, 1.82) is 0 Å². The molecule has 0 unspecified atom stereocenters. The average molecular weight is 577 g/mol. The number of nitrogens with one attached hydrogen (secondary N) is 3. The topological polar surface area (TPSA) is 180 Å². The van der Waals surface area contributed by atoms with Crippen LogP contribution in [0.15, 0.2) is 0 Å². The lowest BCUT2D eigenvalue weighted by molar-refractivity contribution is -0.156. The molecule has 0 radical (unpaired) electrons. The van der Waals surface area contributed by atoms with Crippen molar-refractivity contribution in [1.82, 2.24) is 20.9 Å². The van der Waals surface area contributed by atoms with Gasteiger partial charge in [0.2, 0.25) is 11.8 Å². The minimum absolute atomic E-state index is 0.0371. The van der Waals surface area contributed by atoms with Crippen molar-refractivity contribution in [2.45, 2.75) is 82.4 Å². The maximum absolute atomic E-state index is 12.8. The van der Waals surface area contributed by atoms with E-state index in [2.05, 4.69) is 16.0 Å². The number of hydrogen-bond acceptors (Lipinski definition) is 10. The molecule has 0 aromatic heterocycles. The largest absolute Gasteiger partial charge is 0.480 e. The van der Waals surface area contributed by atoms with E-state index in [1.54, 1.807) is 32.5 Å². The highest BCUT2D eigenvalue weighted by Gasteiger charge is 2.42. The maximum atomic E-state index is 12.8. The summed E-state index contributed by atoms with van der Waals surface area (Å²) < 4.78 is 10.4. The predicted octanol–water partition coefficient (Wildman–Crippen LogP) is 1.30. The fourth-order valence-electron chi connectivity index (χ4n) is 3.83. The van der Waals surface area contributed by atoms with Crippen LogP contribution in [0.4, 0.5) is 9.59 Å². The Morgan fingerprint density at radius 3 is 2.55 bits per heavy atom. The molecule has 0 spiro atoms. The van der Waals surface area contributed by atoms with Crippen LogP contribution in [-0.2, 0) is 28.7 Å². The summed E-state index contributed by atoms with van der Waals surface area (Å²) in [6.07, 6.45) is 0.876. The molecule has 0 aliphatic carbocycles. The molecule has 0 bridgehead atoms. The van der Waals surface area contributed by atoms with Crippen molar-refractivity contribution in [3.05, 3.63) is 0 Å². The van der Waals surface area contributed by atoms with Gasteiger partial charge in [-0.25, -0.2) is 19.3 Å². The van der Waals surface area contributed by atoms with Crippen molar-refractivity contribution in [2.75, 3.05) is 24.0 Å². The first-order chi connectivity index (χ1) is 17.8. The molecule has 2 aliphatic rings. The normalized spacial score (nSPS) is 20.9. The number of hydrogen-bond donors (Lipinski definition) is 4. The van der Waals surface area contributed by atoms with Gasteiger partial charge in [0.15, 0.2) is 6.04 Å². The lowest BCUT2D eigenvalue weighted by Gasteiger charge is -2.29. The van der Waals surface area contributed by atoms with Crippen molar-refractivity contribution in [2.24, 2.45) is 0 Å². The number of amides is 5. The molecule has 2 aliphatic heterocycles. The summed E-state index contributed by atoms with van der Waals surface area (Å²) in [4.78, 5) is 72.8. The van der Waals surface area contributed by atoms with E-state index in [0.717, 1.165) is 23.9 Å². The third kappa shape index (κ3) is 10.2. The second kappa shape index (κ2) is 14.5. The summed E-state index contributed by atoms with van der Waals surface area (Å²) in [5.41, 5.74) is -1.01. The molecule has 2 rings (SSSR count). The maximum Gasteiger partial charge on any atom is 0.418 e. The standard InChI is InChI=1S/C23H36N4O9S2/c1-13(28)24-12-37-11-17(29)27(22(34)36-23(2,3)4)15(20(31)32)9-35-18(30)8-6-5-7-16-19-14(10-38-16)25-21(33)26-19/h14-16,19H,5-12H2,1-4H3,(H,24,28)(H,31,32)(H2,25,26,33)/t14-,15-,16-,19-/m0/s1. The Morgan fingerprint density at radius 1 is 1.21 bits per heavy atom. The minimum Gasteiger partial charge on any atom is -0.480 e. The number of rotatable bonds is 13. The second-order valence-electron chi connectivity index (χ2n) is 9.87. The molecule has 4 N–H and O–H groups in total. The van der Waals surface area contributed by atoms with Gasteiger partial charge in [-0.1, -0.05) is 6.42 Å². The van der Waals surface area contributed by atoms with E-state index in [0.29, 0.717) is 17.7 Å². The Morgan fingerprint density at radius 2 is 1.92 bits per heavy atom. The van der Waals surface area contributed by atoms with Gasteiger partial charge in [-0.2, -0.15) is 11.8 Å². The Balaban J connectivity index is 1.88. The van der Waals surface area contributed by atoms with E-state index >= 15 is 0 Å². The van der Waals surface area contributed by atoms with E-state index in [1.165, 1.54) is 6.92 Å². The molecule has 0 saturated carbocycles. The van der Waals surface area contributed by atoms with Crippen LogP contribution in [-0.4, -0.2) is 98.8 Å². The lowest BCUT2D eigenvalue weighted by atomic mass is 10.0. The van der Waals surface area contributed by atoms with Crippen LogP contribution < -0.4 is 16.0 Å². The van der Waals surface area contributed by atoms with E-state index in [4.69, 9.17) is 9.47 Å². The van der Waals surface area contributed by atoms with E-state index in [-0.39, 0.29) is 47.3 Å². The molecular formula is C23H36N4O9S2. The molecule has 2 heterocycles. The Labute approximate surface area is 229 Å². The lowest BCUT2D eigenvalue weighted by Crippen LogP contribution is -2.53. The molecule has 13 nitrogen and oxygen atoms in total. The molecule has 0 aromatic rings. The van der Waals surface area contributed by atoms with Gasteiger partial charge in [-0.05, 0) is 33.6 Å². The smallest absolute Gasteiger partial charge is 0.418 e. The molecule has 4 atom stereocenters. The summed E-state index contributed by atoms with van der Waals surface area (Å²) in [6.45, 7) is 5.28. The zero-order valence-corrected chi connectivity index (χ0v) is 23.6. The number of fused-ring (bicyclic) bond motifs is 1. The number of imide groups is 1. The number of nitrogens with zero attached hydrogens (tertiary/aromatic N) is 1. The zero-order chi connectivity index (χ0) is 28.5. The Bertz CT molecular complexity index is 912. The summed E-state index contributed by atoms with van der Waals surface area (Å²) >= 11 is 2.75. The first kappa shape index (κ1) is 31.5. The highest BCUT2D eigenvalue weighted by atomic mass is 32.2. The molecule has 2 saturated heterocycles. The van der Waals surface area contributed by atoms with Gasteiger partial charge >= 0.3 is 24.1 Å². The van der Waals surface area contributed by atoms with Gasteiger partial charge in [0.05, 0.1) is 23.7 Å². The third-order valence-electron chi connectivity index (χ3n) is 5.56. The molecule has 0 aromatic carbocycles. The summed E-state index contributed by atoms with van der Waals surface area (Å²) in [6, 6.07) is -1.75. The zero-order valence-electron chi connectivity index (χ0n) is 21.9. The molecule has 5 amide bonds. The monoisotopic (exact) mass is 576 g/mol.